The van der Waals surface area contributed by atoms with Crippen molar-refractivity contribution < 1.29 is 28.7 Å². The second-order valence-electron chi connectivity index (χ2n) is 11.6. The minimum atomic E-state index is -0.528. The van der Waals surface area contributed by atoms with Gasteiger partial charge in [-0.15, -0.1) is 0 Å². The number of benzene rings is 3. The predicted molar refractivity (Wildman–Crippen MR) is 166 cm³/mol. The van der Waals surface area contributed by atoms with Crippen LogP contribution >= 0.6 is 0 Å². The van der Waals surface area contributed by atoms with E-state index in [-0.39, 0.29) is 43.8 Å². The Morgan fingerprint density at radius 1 is 0.795 bits per heavy atom. The maximum atomic E-state index is 13.3. The Kier molecular flexibility index (Phi) is 10.00. The quantitative estimate of drug-likeness (QED) is 0.144. The van der Waals surface area contributed by atoms with E-state index in [1.54, 1.807) is 24.3 Å². The highest BCUT2D eigenvalue weighted by Crippen LogP contribution is 2.42. The highest BCUT2D eigenvalue weighted by Gasteiger charge is 2.43. The van der Waals surface area contributed by atoms with E-state index in [9.17, 15) is 19.2 Å². The summed E-state index contributed by atoms with van der Waals surface area (Å²) < 4.78 is 10.7. The van der Waals surface area contributed by atoms with Crippen molar-refractivity contribution in [3.63, 3.8) is 0 Å². The number of fused-ring (bicyclic) bond motifs is 1. The number of imide groups is 1. The van der Waals surface area contributed by atoms with Crippen molar-refractivity contribution in [2.24, 2.45) is 10.4 Å². The molecule has 0 aromatic heterocycles. The van der Waals surface area contributed by atoms with Crippen molar-refractivity contribution in [3.8, 4) is 0 Å². The summed E-state index contributed by atoms with van der Waals surface area (Å²) in [4.78, 5) is 58.1. The zero-order valence-electron chi connectivity index (χ0n) is 25.1. The molecule has 1 fully saturated rings. The molecule has 0 N–H and O–H groups in total. The van der Waals surface area contributed by atoms with Gasteiger partial charge in [0.1, 0.15) is 0 Å². The molecule has 0 bridgehead atoms. The van der Waals surface area contributed by atoms with Gasteiger partial charge in [0.2, 0.25) is 0 Å². The molecule has 8 nitrogen and oxygen atoms in total. The van der Waals surface area contributed by atoms with Crippen molar-refractivity contribution in [2.75, 3.05) is 20.3 Å². The average molecular weight is 595 g/mol. The number of carbonyl (C=O) groups is 4. The lowest BCUT2D eigenvalue weighted by atomic mass is 9.71. The molecule has 0 saturated heterocycles. The normalized spacial score (nSPS) is 16.2. The van der Waals surface area contributed by atoms with Gasteiger partial charge < -0.3 is 9.47 Å². The molecule has 2 amide bonds. The van der Waals surface area contributed by atoms with Crippen LogP contribution in [0.15, 0.2) is 89.9 Å². The van der Waals surface area contributed by atoms with E-state index >= 15 is 0 Å². The fraction of sp³-hybridized carbons (Fsp3) is 0.361. The van der Waals surface area contributed by atoms with E-state index in [0.29, 0.717) is 17.5 Å². The molecule has 8 heteroatoms. The van der Waals surface area contributed by atoms with Crippen LogP contribution in [0.3, 0.4) is 0 Å². The molecule has 2 aliphatic rings. The lowest BCUT2D eigenvalue weighted by molar-refractivity contribution is -0.147. The Hall–Kier alpha value is -4.59. The standard InChI is InChI=1S/C36H38N2O6/c1-43-31(39)23-28(37-33(26-13-5-2-6-14-26)27-15-7-3-8-16-27)19-22-44-32(40)24-36(20-11-4-12-21-36)25-38-34(41)29-17-9-10-18-30(29)35(38)42/h2-3,5-10,13-18,28H,4,11-12,19-25H2,1H3. The molecular formula is C36H38N2O6. The third-order valence-corrected chi connectivity index (χ3v) is 8.56. The zero-order valence-corrected chi connectivity index (χ0v) is 25.1. The number of esters is 2. The Bertz CT molecular complexity index is 1440. The smallest absolute Gasteiger partial charge is 0.307 e. The molecule has 228 valence electrons. The number of amides is 2. The molecule has 1 unspecified atom stereocenters. The molecule has 1 atom stereocenters. The Morgan fingerprint density at radius 2 is 1.34 bits per heavy atom. The number of nitrogens with zero attached hydrogens (tertiary/aromatic N) is 2. The summed E-state index contributed by atoms with van der Waals surface area (Å²) in [6.45, 7) is 0.269. The van der Waals surface area contributed by atoms with Crippen molar-refractivity contribution in [1.29, 1.82) is 0 Å². The van der Waals surface area contributed by atoms with E-state index in [1.165, 1.54) is 12.0 Å². The fourth-order valence-corrected chi connectivity index (χ4v) is 6.26. The lowest BCUT2D eigenvalue weighted by Crippen LogP contribution is -2.43. The SMILES string of the molecule is COC(=O)CC(CCOC(=O)CC1(CN2C(=O)c3ccccc3C2=O)CCCCC1)N=C(c1ccccc1)c1ccccc1. The van der Waals surface area contributed by atoms with Crippen LogP contribution in [-0.4, -0.2) is 60.7 Å². The number of ether oxygens (including phenoxy) is 2. The lowest BCUT2D eigenvalue weighted by Gasteiger charge is -2.38. The Balaban J connectivity index is 1.28. The van der Waals surface area contributed by atoms with Crippen LogP contribution in [0.5, 0.6) is 0 Å². The first-order chi connectivity index (χ1) is 21.4. The second-order valence-corrected chi connectivity index (χ2v) is 11.6. The van der Waals surface area contributed by atoms with Crippen molar-refractivity contribution >= 4 is 29.5 Å². The van der Waals surface area contributed by atoms with Gasteiger partial charge in [-0.25, -0.2) is 0 Å². The topological polar surface area (TPSA) is 102 Å². The minimum absolute atomic E-state index is 0.0426. The monoisotopic (exact) mass is 594 g/mol. The van der Waals surface area contributed by atoms with Gasteiger partial charge in [-0.2, -0.15) is 0 Å². The molecule has 1 heterocycles. The molecule has 3 aromatic carbocycles. The van der Waals surface area contributed by atoms with E-state index in [1.807, 2.05) is 60.7 Å². The van der Waals surface area contributed by atoms with Gasteiger partial charge in [-0.3, -0.25) is 29.1 Å². The van der Waals surface area contributed by atoms with Crippen molar-refractivity contribution in [1.82, 2.24) is 4.90 Å². The summed E-state index contributed by atoms with van der Waals surface area (Å²) in [6.07, 6.45) is 4.87. The molecule has 0 spiro atoms. The van der Waals surface area contributed by atoms with Gasteiger partial charge in [-0.05, 0) is 30.4 Å². The van der Waals surface area contributed by atoms with Crippen LogP contribution < -0.4 is 0 Å². The summed E-state index contributed by atoms with van der Waals surface area (Å²) in [6, 6.07) is 25.9. The van der Waals surface area contributed by atoms with Gasteiger partial charge in [0.05, 0.1) is 49.4 Å². The first kappa shape index (κ1) is 30.9. The summed E-state index contributed by atoms with van der Waals surface area (Å²) in [5.74, 6) is -1.39. The van der Waals surface area contributed by atoms with Gasteiger partial charge >= 0.3 is 11.9 Å². The number of carbonyl (C=O) groups excluding carboxylic acids is 4. The third-order valence-electron chi connectivity index (χ3n) is 8.56. The first-order valence-electron chi connectivity index (χ1n) is 15.3. The van der Waals surface area contributed by atoms with Gasteiger partial charge in [0.15, 0.2) is 0 Å². The molecule has 3 aromatic rings. The van der Waals surface area contributed by atoms with Crippen LogP contribution in [-0.2, 0) is 19.1 Å². The number of hydrogen-bond acceptors (Lipinski definition) is 7. The molecular weight excluding hydrogens is 556 g/mol. The van der Waals surface area contributed by atoms with E-state index < -0.39 is 17.4 Å². The van der Waals surface area contributed by atoms with E-state index in [0.717, 1.165) is 48.9 Å². The van der Waals surface area contributed by atoms with Crippen LogP contribution in [0.4, 0.5) is 0 Å². The summed E-state index contributed by atoms with van der Waals surface area (Å²) in [5, 5.41) is 0. The molecule has 1 aliphatic heterocycles. The highest BCUT2D eigenvalue weighted by molar-refractivity contribution is 6.21. The van der Waals surface area contributed by atoms with E-state index in [2.05, 4.69) is 0 Å². The molecule has 0 radical (unpaired) electrons. The number of hydrogen-bond donors (Lipinski definition) is 0. The zero-order chi connectivity index (χ0) is 30.9. The number of methoxy groups -OCH3 is 1. The van der Waals surface area contributed by atoms with Gasteiger partial charge in [0.25, 0.3) is 11.8 Å². The van der Waals surface area contributed by atoms with Crippen molar-refractivity contribution in [2.45, 2.75) is 57.4 Å². The fourth-order valence-electron chi connectivity index (χ4n) is 6.26. The summed E-state index contributed by atoms with van der Waals surface area (Å²) >= 11 is 0. The number of aliphatic imine (C=N–C) groups is 1. The average Bonchev–Trinajstić information content (AvgIpc) is 3.29. The molecule has 1 saturated carbocycles. The summed E-state index contributed by atoms with van der Waals surface area (Å²) in [5.41, 5.74) is 2.87. The largest absolute Gasteiger partial charge is 0.469 e. The van der Waals surface area contributed by atoms with Crippen molar-refractivity contribution in [3.05, 3.63) is 107 Å². The molecule has 1 aliphatic carbocycles. The van der Waals surface area contributed by atoms with Gasteiger partial charge in [-0.1, -0.05) is 92.1 Å². The Morgan fingerprint density at radius 3 is 1.89 bits per heavy atom. The Labute approximate surface area is 258 Å². The third kappa shape index (κ3) is 7.30. The number of rotatable bonds is 12. The summed E-state index contributed by atoms with van der Waals surface area (Å²) in [7, 11) is 1.34. The molecule has 44 heavy (non-hydrogen) atoms. The minimum Gasteiger partial charge on any atom is -0.469 e. The second kappa shape index (κ2) is 14.3. The maximum absolute atomic E-state index is 13.3. The predicted octanol–water partition coefficient (Wildman–Crippen LogP) is 6.03. The molecule has 5 rings (SSSR count). The van der Waals surface area contributed by atoms with Crippen LogP contribution in [0.25, 0.3) is 0 Å². The maximum Gasteiger partial charge on any atom is 0.307 e. The van der Waals surface area contributed by atoms with Crippen LogP contribution in [0, 0.1) is 5.41 Å². The highest BCUT2D eigenvalue weighted by atomic mass is 16.5. The van der Waals surface area contributed by atoms with Gasteiger partial charge in [0, 0.05) is 24.1 Å². The first-order valence-corrected chi connectivity index (χ1v) is 15.3. The van der Waals surface area contributed by atoms with Crippen LogP contribution in [0.2, 0.25) is 0 Å². The van der Waals surface area contributed by atoms with Crippen LogP contribution in [0.1, 0.15) is 83.2 Å². The van der Waals surface area contributed by atoms with E-state index in [4.69, 9.17) is 14.5 Å².